The number of hydrogen-bond acceptors (Lipinski definition) is 3. The molecule has 0 spiro atoms. The van der Waals surface area contributed by atoms with Crippen LogP contribution in [0.3, 0.4) is 0 Å². The quantitative estimate of drug-likeness (QED) is 0.144. The number of furan rings is 1. The molecule has 0 saturated heterocycles. The summed E-state index contributed by atoms with van der Waals surface area (Å²) in [5, 5.41) is 2.81. The monoisotopic (exact) mass is 859 g/mol. The van der Waals surface area contributed by atoms with Crippen LogP contribution in [0.1, 0.15) is 0 Å². The van der Waals surface area contributed by atoms with Crippen LogP contribution in [0.4, 0.5) is 17.1 Å². The van der Waals surface area contributed by atoms with Crippen molar-refractivity contribution >= 4 is 78.3 Å². The number of hydrogen-bond donors (Lipinski definition) is 0. The molecule has 0 fully saturated rings. The first-order valence-corrected chi connectivity index (χ1v) is 21.4. The lowest BCUT2D eigenvalue weighted by atomic mass is 9.90. The zero-order chi connectivity index (χ0) is 39.7. The van der Waals surface area contributed by atoms with E-state index in [4.69, 9.17) is 16.0 Å². The van der Waals surface area contributed by atoms with E-state index in [1.165, 1.54) is 0 Å². The Bertz CT molecular complexity index is 3040. The summed E-state index contributed by atoms with van der Waals surface area (Å²) in [6.07, 6.45) is 0. The van der Waals surface area contributed by atoms with Crippen molar-refractivity contribution in [2.24, 2.45) is 0 Å². The van der Waals surface area contributed by atoms with Gasteiger partial charge in [0.05, 0.1) is 10.6 Å². The second kappa shape index (κ2) is 16.2. The van der Waals surface area contributed by atoms with Crippen LogP contribution >= 0.6 is 39.3 Å². The van der Waals surface area contributed by atoms with Gasteiger partial charge < -0.3 is 9.32 Å². The zero-order valence-electron chi connectivity index (χ0n) is 31.7. The molecule has 0 radical (unpaired) electrons. The van der Waals surface area contributed by atoms with Gasteiger partial charge in [-0.1, -0.05) is 197 Å². The highest BCUT2D eigenvalue weighted by Gasteiger charge is 2.25. The molecular weight excluding hydrogens is 826 g/mol. The van der Waals surface area contributed by atoms with E-state index < -0.39 is 0 Å². The Labute approximate surface area is 361 Å². The van der Waals surface area contributed by atoms with Crippen LogP contribution in [-0.2, 0) is 0 Å². The van der Waals surface area contributed by atoms with Gasteiger partial charge in [-0.2, -0.15) is 0 Å². The van der Waals surface area contributed by atoms with Crippen LogP contribution in [0.2, 0.25) is 5.02 Å². The summed E-state index contributed by atoms with van der Waals surface area (Å²) in [5.74, 6) is 0. The van der Waals surface area contributed by atoms with Crippen molar-refractivity contribution in [1.82, 2.24) is 0 Å². The molecule has 0 bridgehead atoms. The van der Waals surface area contributed by atoms with Gasteiger partial charge in [-0.05, 0) is 82.4 Å². The molecule has 1 aromatic heterocycles. The smallest absolute Gasteiger partial charge is 0.149 e. The lowest BCUT2D eigenvalue weighted by molar-refractivity contribution is 0.661. The SMILES string of the molecule is Clc1cc(Sc2cccc3c2oc2c(-c4ccccc4)cccc23)cc(N(c2cccc(Br)c2)c2c(-c3ccccc3)cc(-c3ccccc3)cc2-c2ccccc2)c1. The molecule has 5 heteroatoms. The van der Waals surface area contributed by atoms with Crippen molar-refractivity contribution in [3.63, 3.8) is 0 Å². The second-order valence-electron chi connectivity index (χ2n) is 14.4. The van der Waals surface area contributed by atoms with Gasteiger partial charge >= 0.3 is 0 Å². The van der Waals surface area contributed by atoms with Crippen LogP contribution in [0.25, 0.3) is 66.4 Å². The Morgan fingerprint density at radius 2 is 0.966 bits per heavy atom. The minimum absolute atomic E-state index is 0.636. The second-order valence-corrected chi connectivity index (χ2v) is 16.8. The first-order valence-electron chi connectivity index (χ1n) is 19.5. The molecule has 0 aliphatic heterocycles. The van der Waals surface area contributed by atoms with Gasteiger partial charge in [-0.15, -0.1) is 0 Å². The first-order chi connectivity index (χ1) is 29.1. The van der Waals surface area contributed by atoms with Gasteiger partial charge in [0.25, 0.3) is 0 Å². The van der Waals surface area contributed by atoms with Crippen LogP contribution in [0, 0.1) is 0 Å². The maximum absolute atomic E-state index is 7.18. The minimum atomic E-state index is 0.636. The number of anilines is 3. The normalized spacial score (nSPS) is 11.3. The van der Waals surface area contributed by atoms with Crippen molar-refractivity contribution in [3.8, 4) is 44.5 Å². The van der Waals surface area contributed by atoms with E-state index in [2.05, 4.69) is 221 Å². The molecule has 1 heterocycles. The summed E-state index contributed by atoms with van der Waals surface area (Å²) >= 11 is 12.7. The average molecular weight is 861 g/mol. The maximum Gasteiger partial charge on any atom is 0.149 e. The molecule has 0 aliphatic carbocycles. The molecule has 0 N–H and O–H groups in total. The Kier molecular flexibility index (Phi) is 10.1. The molecule has 0 atom stereocenters. The molecule has 10 rings (SSSR count). The summed E-state index contributed by atoms with van der Waals surface area (Å²) in [6.45, 7) is 0. The fraction of sp³-hybridized carbons (Fsp3) is 0. The van der Waals surface area contributed by atoms with E-state index in [-0.39, 0.29) is 0 Å². The Hall–Kier alpha value is -6.30. The minimum Gasteiger partial charge on any atom is -0.454 e. The molecule has 10 aromatic rings. The number of para-hydroxylation sites is 2. The summed E-state index contributed by atoms with van der Waals surface area (Å²) in [6, 6.07) is 74.6. The number of benzene rings is 9. The highest BCUT2D eigenvalue weighted by molar-refractivity contribution is 9.10. The molecular formula is C54H35BrClNOS. The largest absolute Gasteiger partial charge is 0.454 e. The van der Waals surface area contributed by atoms with E-state index in [1.807, 2.05) is 12.1 Å². The average Bonchev–Trinajstić information content (AvgIpc) is 3.68. The van der Waals surface area contributed by atoms with E-state index in [0.717, 1.165) is 97.8 Å². The summed E-state index contributed by atoms with van der Waals surface area (Å²) in [4.78, 5) is 4.36. The fourth-order valence-corrected chi connectivity index (χ4v) is 9.64. The number of halogens is 2. The molecule has 0 unspecified atom stereocenters. The number of rotatable bonds is 9. The van der Waals surface area contributed by atoms with Crippen molar-refractivity contribution in [1.29, 1.82) is 0 Å². The van der Waals surface area contributed by atoms with Crippen LogP contribution in [-0.4, -0.2) is 0 Å². The fourth-order valence-electron chi connectivity index (χ4n) is 7.95. The summed E-state index contributed by atoms with van der Waals surface area (Å²) in [7, 11) is 0. The molecule has 2 nitrogen and oxygen atoms in total. The topological polar surface area (TPSA) is 16.4 Å². The zero-order valence-corrected chi connectivity index (χ0v) is 34.9. The summed E-state index contributed by atoms with van der Waals surface area (Å²) in [5.41, 5.74) is 13.6. The predicted molar refractivity (Wildman–Crippen MR) is 253 cm³/mol. The van der Waals surface area contributed by atoms with Gasteiger partial charge in [-0.3, -0.25) is 0 Å². The van der Waals surface area contributed by atoms with Crippen LogP contribution in [0.5, 0.6) is 0 Å². The van der Waals surface area contributed by atoms with Gasteiger partial charge in [0, 0.05) is 53.2 Å². The van der Waals surface area contributed by atoms with Gasteiger partial charge in [0.2, 0.25) is 0 Å². The van der Waals surface area contributed by atoms with E-state index in [9.17, 15) is 0 Å². The Balaban J connectivity index is 1.18. The summed E-state index contributed by atoms with van der Waals surface area (Å²) < 4.78 is 7.79. The Morgan fingerprint density at radius 1 is 0.424 bits per heavy atom. The van der Waals surface area contributed by atoms with Crippen molar-refractivity contribution in [2.45, 2.75) is 9.79 Å². The first kappa shape index (κ1) is 37.0. The predicted octanol–water partition coefficient (Wildman–Crippen LogP) is 17.3. The molecule has 59 heavy (non-hydrogen) atoms. The molecule has 0 saturated carbocycles. The van der Waals surface area contributed by atoms with Gasteiger partial charge in [0.1, 0.15) is 11.2 Å². The third-order valence-electron chi connectivity index (χ3n) is 10.6. The van der Waals surface area contributed by atoms with Crippen molar-refractivity contribution < 1.29 is 4.42 Å². The highest BCUT2D eigenvalue weighted by atomic mass is 79.9. The van der Waals surface area contributed by atoms with Crippen molar-refractivity contribution in [2.75, 3.05) is 4.90 Å². The van der Waals surface area contributed by atoms with Crippen LogP contribution < -0.4 is 4.90 Å². The van der Waals surface area contributed by atoms with E-state index >= 15 is 0 Å². The van der Waals surface area contributed by atoms with Gasteiger partial charge in [0.15, 0.2) is 0 Å². The standard InChI is InChI=1S/C54H35BrClNOS/c55-41-24-13-25-43(32-41)57(52-49(38-20-9-3-10-21-38)30-40(36-16-5-1-6-17-36)31-50(52)39-22-11-4-12-23-39)44-33-42(56)34-45(35-44)59-51-29-15-28-48-47-27-14-26-46(53(47)58-54(48)51)37-18-7-2-8-19-37/h1-35H. The third kappa shape index (κ3) is 7.36. The highest BCUT2D eigenvalue weighted by Crippen LogP contribution is 2.50. The third-order valence-corrected chi connectivity index (χ3v) is 12.3. The van der Waals surface area contributed by atoms with Crippen LogP contribution in [0.15, 0.2) is 231 Å². The number of fused-ring (bicyclic) bond motifs is 3. The maximum atomic E-state index is 7.18. The lowest BCUT2D eigenvalue weighted by Crippen LogP contribution is -2.13. The molecule has 0 amide bonds. The van der Waals surface area contributed by atoms with Gasteiger partial charge in [-0.25, -0.2) is 0 Å². The van der Waals surface area contributed by atoms with Crippen molar-refractivity contribution in [3.05, 3.63) is 222 Å². The molecule has 9 aromatic carbocycles. The molecule has 282 valence electrons. The Morgan fingerprint density at radius 3 is 1.58 bits per heavy atom. The van der Waals surface area contributed by atoms with E-state index in [1.54, 1.807) is 11.8 Å². The van der Waals surface area contributed by atoms with E-state index in [0.29, 0.717) is 5.02 Å². The molecule has 0 aliphatic rings. The lowest BCUT2D eigenvalue weighted by Gasteiger charge is -2.31. The number of nitrogens with zero attached hydrogens (tertiary/aromatic N) is 1.